The fraction of sp³-hybridized carbons (Fsp3) is 0.100. The Morgan fingerprint density at radius 2 is 1.96 bits per heavy atom. The number of pyridine rings is 2. The van der Waals surface area contributed by atoms with Gasteiger partial charge in [0.25, 0.3) is 0 Å². The maximum atomic E-state index is 12.3. The highest BCUT2D eigenvalue weighted by Crippen LogP contribution is 2.34. The van der Waals surface area contributed by atoms with Crippen LogP contribution < -0.4 is 5.32 Å². The van der Waals surface area contributed by atoms with Crippen molar-refractivity contribution >= 4 is 16.9 Å². The number of carbonyl (C=O) groups is 1. The lowest BCUT2D eigenvalue weighted by molar-refractivity contribution is 0.240. The van der Waals surface area contributed by atoms with Crippen LogP contribution in [0.25, 0.3) is 33.3 Å². The first kappa shape index (κ1) is 16.0. The number of carbonyl (C=O) groups excluding carboxylic acids is 1. The van der Waals surface area contributed by atoms with E-state index in [0.717, 1.165) is 27.6 Å². The smallest absolute Gasteiger partial charge is 0.336 e. The number of aromatic nitrogens is 4. The molecule has 0 atom stereocenters. The van der Waals surface area contributed by atoms with Crippen LogP contribution in [-0.4, -0.2) is 32.3 Å². The first-order valence-electron chi connectivity index (χ1n) is 8.40. The van der Waals surface area contributed by atoms with Gasteiger partial charge >= 0.3 is 6.03 Å². The van der Waals surface area contributed by atoms with Gasteiger partial charge in [-0.05, 0) is 36.8 Å². The van der Waals surface area contributed by atoms with Crippen LogP contribution in [0.1, 0.15) is 6.92 Å². The van der Waals surface area contributed by atoms with Gasteiger partial charge < -0.3 is 5.32 Å². The van der Waals surface area contributed by atoms with Crippen molar-refractivity contribution in [2.45, 2.75) is 6.92 Å². The number of nitrogens with one attached hydrogen (secondary N) is 1. The van der Waals surface area contributed by atoms with E-state index in [2.05, 4.69) is 20.4 Å². The molecule has 0 bridgehead atoms. The molecule has 0 aliphatic heterocycles. The molecule has 0 aliphatic carbocycles. The molecule has 4 aromatic rings. The Kier molecular flexibility index (Phi) is 4.15. The predicted octanol–water partition coefficient (Wildman–Crippen LogP) is 3.74. The number of para-hydroxylation sites is 1. The summed E-state index contributed by atoms with van der Waals surface area (Å²) in [7, 11) is 0. The molecule has 1 N–H and O–H groups in total. The van der Waals surface area contributed by atoms with Crippen molar-refractivity contribution in [3.63, 3.8) is 0 Å². The predicted molar refractivity (Wildman–Crippen MR) is 101 cm³/mol. The number of benzene rings is 1. The van der Waals surface area contributed by atoms with Crippen molar-refractivity contribution in [2.75, 3.05) is 6.54 Å². The first-order chi connectivity index (χ1) is 12.8. The Bertz CT molecular complexity index is 1070. The van der Waals surface area contributed by atoms with Gasteiger partial charge in [-0.25, -0.2) is 4.79 Å². The topological polar surface area (TPSA) is 72.7 Å². The van der Waals surface area contributed by atoms with Crippen molar-refractivity contribution in [3.05, 3.63) is 67.3 Å². The summed E-state index contributed by atoms with van der Waals surface area (Å²) < 4.78 is 1.34. The molecule has 6 heteroatoms. The first-order valence-corrected chi connectivity index (χ1v) is 8.40. The normalized spacial score (nSPS) is 10.8. The Balaban J connectivity index is 1.96. The number of hydrogen-bond donors (Lipinski definition) is 1. The Morgan fingerprint density at radius 1 is 1.08 bits per heavy atom. The molecule has 3 heterocycles. The lowest BCUT2D eigenvalue weighted by Crippen LogP contribution is -2.28. The molecular weight excluding hydrogens is 326 g/mol. The summed E-state index contributed by atoms with van der Waals surface area (Å²) in [5.41, 5.74) is 4.30. The second-order valence-electron chi connectivity index (χ2n) is 5.79. The summed E-state index contributed by atoms with van der Waals surface area (Å²) in [6.45, 7) is 2.41. The van der Waals surface area contributed by atoms with Crippen LogP contribution in [0.5, 0.6) is 0 Å². The Hall–Kier alpha value is -3.54. The molecule has 26 heavy (non-hydrogen) atoms. The highest BCUT2D eigenvalue weighted by Gasteiger charge is 2.18. The van der Waals surface area contributed by atoms with E-state index in [0.29, 0.717) is 12.2 Å². The summed E-state index contributed by atoms with van der Waals surface area (Å²) in [5.74, 6) is 0. The molecule has 0 saturated heterocycles. The molecule has 4 rings (SSSR count). The van der Waals surface area contributed by atoms with Gasteiger partial charge in [-0.2, -0.15) is 9.78 Å². The number of rotatable bonds is 3. The highest BCUT2D eigenvalue weighted by molar-refractivity contribution is 5.98. The van der Waals surface area contributed by atoms with Crippen molar-refractivity contribution < 1.29 is 4.79 Å². The van der Waals surface area contributed by atoms with Crippen molar-refractivity contribution in [1.29, 1.82) is 0 Å². The summed E-state index contributed by atoms with van der Waals surface area (Å²) in [5, 5.41) is 8.31. The lowest BCUT2D eigenvalue weighted by Gasteiger charge is -2.06. The molecule has 3 aromatic heterocycles. The zero-order valence-electron chi connectivity index (χ0n) is 14.3. The molecule has 0 unspecified atom stereocenters. The number of fused-ring (bicyclic) bond motifs is 1. The molecule has 0 radical (unpaired) electrons. The van der Waals surface area contributed by atoms with Crippen molar-refractivity contribution in [2.24, 2.45) is 0 Å². The summed E-state index contributed by atoms with van der Waals surface area (Å²) >= 11 is 0. The molecule has 0 aliphatic rings. The van der Waals surface area contributed by atoms with E-state index >= 15 is 0 Å². The van der Waals surface area contributed by atoms with Gasteiger partial charge in [-0.15, -0.1) is 0 Å². The molecule has 0 saturated carbocycles. The fourth-order valence-electron chi connectivity index (χ4n) is 2.95. The van der Waals surface area contributed by atoms with Gasteiger partial charge in [-0.1, -0.05) is 18.2 Å². The summed E-state index contributed by atoms with van der Waals surface area (Å²) in [6.07, 6.45) is 6.99. The van der Waals surface area contributed by atoms with Gasteiger partial charge in [-0.3, -0.25) is 9.97 Å². The van der Waals surface area contributed by atoms with Crippen LogP contribution in [-0.2, 0) is 0 Å². The van der Waals surface area contributed by atoms with E-state index in [1.54, 1.807) is 24.8 Å². The van der Waals surface area contributed by atoms with E-state index in [1.807, 2.05) is 49.4 Å². The largest absolute Gasteiger partial charge is 0.342 e. The van der Waals surface area contributed by atoms with Crippen LogP contribution in [0.3, 0.4) is 0 Å². The second kappa shape index (κ2) is 6.76. The van der Waals surface area contributed by atoms with Crippen LogP contribution in [0.2, 0.25) is 0 Å². The molecule has 1 aromatic carbocycles. The average molecular weight is 343 g/mol. The molecule has 1 amide bonds. The zero-order chi connectivity index (χ0) is 17.9. The monoisotopic (exact) mass is 343 g/mol. The van der Waals surface area contributed by atoms with Crippen LogP contribution in [0.4, 0.5) is 4.79 Å². The Morgan fingerprint density at radius 3 is 2.77 bits per heavy atom. The third-order valence-corrected chi connectivity index (χ3v) is 4.12. The average Bonchev–Trinajstić information content (AvgIpc) is 3.14. The van der Waals surface area contributed by atoms with E-state index in [9.17, 15) is 4.79 Å². The van der Waals surface area contributed by atoms with E-state index < -0.39 is 0 Å². The number of amides is 1. The van der Waals surface area contributed by atoms with Crippen LogP contribution >= 0.6 is 0 Å². The SMILES string of the molecule is CCNC(=O)n1cc(-c2ccnc3ccccc23)c(-c2cccnc2)n1. The number of nitrogens with zero attached hydrogens (tertiary/aromatic N) is 4. The minimum Gasteiger partial charge on any atom is -0.336 e. The van der Waals surface area contributed by atoms with Gasteiger partial charge in [0.05, 0.1) is 5.52 Å². The van der Waals surface area contributed by atoms with E-state index in [-0.39, 0.29) is 6.03 Å². The maximum absolute atomic E-state index is 12.3. The summed E-state index contributed by atoms with van der Waals surface area (Å²) in [6, 6.07) is 13.4. The maximum Gasteiger partial charge on any atom is 0.342 e. The molecule has 128 valence electrons. The van der Waals surface area contributed by atoms with Crippen LogP contribution in [0.15, 0.2) is 67.3 Å². The van der Waals surface area contributed by atoms with E-state index in [1.165, 1.54) is 4.68 Å². The van der Waals surface area contributed by atoms with Gasteiger partial charge in [0.15, 0.2) is 0 Å². The second-order valence-corrected chi connectivity index (χ2v) is 5.79. The Labute approximate surface area is 150 Å². The quantitative estimate of drug-likeness (QED) is 0.615. The third-order valence-electron chi connectivity index (χ3n) is 4.12. The fourth-order valence-corrected chi connectivity index (χ4v) is 2.95. The summed E-state index contributed by atoms with van der Waals surface area (Å²) in [4.78, 5) is 20.9. The van der Waals surface area contributed by atoms with Crippen LogP contribution in [0, 0.1) is 0 Å². The zero-order valence-corrected chi connectivity index (χ0v) is 14.3. The molecule has 0 fully saturated rings. The third kappa shape index (κ3) is 2.82. The minimum atomic E-state index is -0.262. The molecule has 0 spiro atoms. The van der Waals surface area contributed by atoms with E-state index in [4.69, 9.17) is 0 Å². The lowest BCUT2D eigenvalue weighted by atomic mass is 9.99. The highest BCUT2D eigenvalue weighted by atomic mass is 16.2. The molecule has 6 nitrogen and oxygen atoms in total. The van der Waals surface area contributed by atoms with Gasteiger partial charge in [0, 0.05) is 47.8 Å². The van der Waals surface area contributed by atoms with Crippen molar-refractivity contribution in [3.8, 4) is 22.4 Å². The van der Waals surface area contributed by atoms with Gasteiger partial charge in [0.1, 0.15) is 5.69 Å². The minimum absolute atomic E-state index is 0.262. The van der Waals surface area contributed by atoms with Gasteiger partial charge in [0.2, 0.25) is 0 Å². The number of hydrogen-bond acceptors (Lipinski definition) is 4. The molecular formula is C20H17N5O. The standard InChI is InChI=1S/C20H17N5O/c1-2-22-20(26)25-13-17(19(24-25)14-6-5-10-21-12-14)15-9-11-23-18-8-4-3-7-16(15)18/h3-13H,2H2,1H3,(H,22,26). The van der Waals surface area contributed by atoms with Crippen molar-refractivity contribution in [1.82, 2.24) is 25.1 Å².